The number of hydrogen-bond acceptors (Lipinski definition) is 4. The van der Waals surface area contributed by atoms with Crippen LogP contribution in [-0.4, -0.2) is 31.5 Å². The van der Waals surface area contributed by atoms with Crippen LogP contribution in [0.15, 0.2) is 51.2 Å². The Balaban J connectivity index is 2.42. The maximum absolute atomic E-state index is 12.8. The van der Waals surface area contributed by atoms with Crippen LogP contribution in [0.3, 0.4) is 0 Å². The van der Waals surface area contributed by atoms with E-state index in [1.165, 1.54) is 58.1 Å². The number of methoxy groups -OCH3 is 1. The van der Waals surface area contributed by atoms with E-state index in [-0.39, 0.29) is 18.3 Å². The number of carbonyl (C=O) groups excluding carboxylic acids is 1. The summed E-state index contributed by atoms with van der Waals surface area (Å²) < 4.78 is 22.7. The van der Waals surface area contributed by atoms with Crippen LogP contribution in [-0.2, 0) is 4.79 Å². The van der Waals surface area contributed by atoms with Crippen molar-refractivity contribution in [2.24, 2.45) is 0 Å². The summed E-state index contributed by atoms with van der Waals surface area (Å²) in [6, 6.07) is 11.5. The van der Waals surface area contributed by atoms with E-state index in [0.717, 1.165) is 16.9 Å². The van der Waals surface area contributed by atoms with Crippen LogP contribution in [0, 0.1) is 0 Å². The molecular formula is C27H40O4Sn. The van der Waals surface area contributed by atoms with Gasteiger partial charge < -0.3 is 0 Å². The number of benzene rings is 1. The third kappa shape index (κ3) is 8.68. The molecule has 1 aromatic carbocycles. The number of furan rings is 1. The molecule has 0 N–H and O–H groups in total. The zero-order valence-corrected chi connectivity index (χ0v) is 23.2. The van der Waals surface area contributed by atoms with Gasteiger partial charge in [0.05, 0.1) is 0 Å². The van der Waals surface area contributed by atoms with Gasteiger partial charge in [-0.1, -0.05) is 0 Å². The van der Waals surface area contributed by atoms with Crippen LogP contribution < -0.4 is 9.47 Å². The van der Waals surface area contributed by atoms with Crippen molar-refractivity contribution >= 4 is 29.9 Å². The van der Waals surface area contributed by atoms with E-state index in [4.69, 9.17) is 13.9 Å². The fourth-order valence-corrected chi connectivity index (χ4v) is 19.5. The third-order valence-corrected chi connectivity index (χ3v) is 20.4. The SMILES string of the molecule is CCC[CH2][Sn](/[CH]=C(/CC(=O)Oc1ccco1)c1ccc(OC)cc1)([CH2]CCC)[CH2]CCC. The third-order valence-electron chi connectivity index (χ3n) is 6.07. The molecule has 0 spiro atoms. The molecule has 176 valence electrons. The molecule has 0 aliphatic rings. The summed E-state index contributed by atoms with van der Waals surface area (Å²) in [7, 11) is 1.67. The van der Waals surface area contributed by atoms with Crippen molar-refractivity contribution in [3.05, 3.63) is 52.3 Å². The molecule has 0 aliphatic heterocycles. The fraction of sp³-hybridized carbons (Fsp3) is 0.519. The van der Waals surface area contributed by atoms with Crippen molar-refractivity contribution in [2.75, 3.05) is 7.11 Å². The molecule has 0 aliphatic carbocycles. The number of rotatable bonds is 15. The van der Waals surface area contributed by atoms with Crippen LogP contribution in [0.5, 0.6) is 11.7 Å². The van der Waals surface area contributed by atoms with Gasteiger partial charge in [-0.3, -0.25) is 0 Å². The zero-order chi connectivity index (χ0) is 23.2. The van der Waals surface area contributed by atoms with E-state index in [2.05, 4.69) is 37.0 Å². The summed E-state index contributed by atoms with van der Waals surface area (Å²) >= 11 is -2.62. The van der Waals surface area contributed by atoms with Crippen LogP contribution in [0.2, 0.25) is 13.3 Å². The first kappa shape index (κ1) is 26.6. The average Bonchev–Trinajstić information content (AvgIpc) is 3.32. The average molecular weight is 547 g/mol. The van der Waals surface area contributed by atoms with Gasteiger partial charge in [-0.2, -0.15) is 0 Å². The van der Waals surface area contributed by atoms with Gasteiger partial charge in [0, 0.05) is 0 Å². The predicted octanol–water partition coefficient (Wildman–Crippen LogP) is 8.06. The monoisotopic (exact) mass is 548 g/mol. The van der Waals surface area contributed by atoms with Gasteiger partial charge in [0.2, 0.25) is 0 Å². The van der Waals surface area contributed by atoms with Crippen LogP contribution in [0.25, 0.3) is 5.57 Å². The molecule has 0 fully saturated rings. The summed E-state index contributed by atoms with van der Waals surface area (Å²) in [5, 5.41) is 0. The van der Waals surface area contributed by atoms with Crippen molar-refractivity contribution in [2.45, 2.75) is 79.0 Å². The van der Waals surface area contributed by atoms with Crippen molar-refractivity contribution in [3.8, 4) is 11.7 Å². The summed E-state index contributed by atoms with van der Waals surface area (Å²) in [6.07, 6.45) is 9.31. The van der Waals surface area contributed by atoms with Crippen LogP contribution in [0.1, 0.15) is 71.3 Å². The molecule has 0 radical (unpaired) electrons. The van der Waals surface area contributed by atoms with E-state index in [9.17, 15) is 4.79 Å². The second kappa shape index (κ2) is 14.5. The number of ether oxygens (including phenoxy) is 2. The van der Waals surface area contributed by atoms with Gasteiger partial charge in [-0.25, -0.2) is 0 Å². The summed E-state index contributed by atoms with van der Waals surface area (Å²) in [4.78, 5) is 12.8. The van der Waals surface area contributed by atoms with Crippen molar-refractivity contribution in [3.63, 3.8) is 0 Å². The van der Waals surface area contributed by atoms with E-state index in [0.29, 0.717) is 0 Å². The Kier molecular flexibility index (Phi) is 12.0. The molecule has 4 nitrogen and oxygen atoms in total. The molecule has 0 bridgehead atoms. The number of unbranched alkanes of at least 4 members (excludes halogenated alkanes) is 3. The second-order valence-corrected chi connectivity index (χ2v) is 21.5. The zero-order valence-electron chi connectivity index (χ0n) is 20.3. The molecule has 2 aromatic rings. The van der Waals surface area contributed by atoms with Crippen molar-refractivity contribution < 1.29 is 18.7 Å². The molecule has 0 unspecified atom stereocenters. The Morgan fingerprint density at radius 3 is 2.00 bits per heavy atom. The van der Waals surface area contributed by atoms with E-state index >= 15 is 0 Å². The Bertz CT molecular complexity index is 787. The first-order valence-corrected chi connectivity index (χ1v) is 19.9. The molecule has 32 heavy (non-hydrogen) atoms. The van der Waals surface area contributed by atoms with E-state index in [1.54, 1.807) is 19.2 Å². The van der Waals surface area contributed by atoms with Gasteiger partial charge in [0.1, 0.15) is 0 Å². The van der Waals surface area contributed by atoms with Crippen LogP contribution >= 0.6 is 0 Å². The quantitative estimate of drug-likeness (QED) is 0.167. The van der Waals surface area contributed by atoms with Crippen molar-refractivity contribution in [1.82, 2.24) is 0 Å². The van der Waals surface area contributed by atoms with Gasteiger partial charge in [0.25, 0.3) is 0 Å². The van der Waals surface area contributed by atoms with Gasteiger partial charge in [-0.05, 0) is 0 Å². The summed E-state index contributed by atoms with van der Waals surface area (Å²) in [5.74, 6) is 0.800. The summed E-state index contributed by atoms with van der Waals surface area (Å²) in [6.45, 7) is 6.85. The molecule has 0 saturated heterocycles. The maximum atomic E-state index is 12.8. The minimum atomic E-state index is -2.62. The Hall–Kier alpha value is -1.69. The Labute approximate surface area is 198 Å². The van der Waals surface area contributed by atoms with Crippen LogP contribution in [0.4, 0.5) is 0 Å². The molecule has 1 aromatic heterocycles. The first-order chi connectivity index (χ1) is 15.6. The molecular weight excluding hydrogens is 507 g/mol. The Morgan fingerprint density at radius 2 is 1.53 bits per heavy atom. The van der Waals surface area contributed by atoms with Gasteiger partial charge in [-0.15, -0.1) is 0 Å². The number of carbonyl (C=O) groups is 1. The standard InChI is InChI=1S/C15H13O4.3C4H9.Sn/c1-11(12-5-7-13(17-2)8-6-12)10-14(16)19-15-4-3-9-18-15;3*1-3-4-2;/h1,3-9H,10H2,2H3;3*1,3-4H2,2H3;. The molecule has 0 atom stereocenters. The fourth-order valence-electron chi connectivity index (χ4n) is 4.21. The molecule has 1 heterocycles. The molecule has 2 rings (SSSR count). The van der Waals surface area contributed by atoms with E-state index in [1.807, 2.05) is 12.1 Å². The molecule has 0 saturated carbocycles. The Morgan fingerprint density at radius 1 is 0.938 bits per heavy atom. The van der Waals surface area contributed by atoms with Gasteiger partial charge in [0.15, 0.2) is 0 Å². The number of esters is 1. The summed E-state index contributed by atoms with van der Waals surface area (Å²) in [5.41, 5.74) is 2.20. The molecule has 0 amide bonds. The molecule has 5 heteroatoms. The van der Waals surface area contributed by atoms with Crippen molar-refractivity contribution in [1.29, 1.82) is 0 Å². The minimum absolute atomic E-state index is 0.252. The van der Waals surface area contributed by atoms with E-state index < -0.39 is 18.4 Å². The second-order valence-electron chi connectivity index (χ2n) is 8.65. The number of hydrogen-bond donors (Lipinski definition) is 0. The normalized spacial score (nSPS) is 12.1. The van der Waals surface area contributed by atoms with Gasteiger partial charge >= 0.3 is 199 Å². The predicted molar refractivity (Wildman–Crippen MR) is 135 cm³/mol. The first-order valence-electron chi connectivity index (χ1n) is 12.2. The topological polar surface area (TPSA) is 48.7 Å².